The first-order valence-electron chi connectivity index (χ1n) is 11.5. The van der Waals surface area contributed by atoms with E-state index >= 15 is 0 Å². The molecule has 36 heavy (non-hydrogen) atoms. The molecular formula is C23H26F6N6O. The molecule has 2 saturated carbocycles. The van der Waals surface area contributed by atoms with Crippen LogP contribution < -0.4 is 16.4 Å². The third kappa shape index (κ3) is 5.82. The van der Waals surface area contributed by atoms with Gasteiger partial charge in [0.2, 0.25) is 0 Å². The number of hydrogen-bond donors (Lipinski definition) is 4. The van der Waals surface area contributed by atoms with E-state index in [-0.39, 0.29) is 17.1 Å². The molecule has 2 aliphatic carbocycles. The zero-order chi connectivity index (χ0) is 26.3. The molecule has 0 radical (unpaired) electrons. The predicted molar refractivity (Wildman–Crippen MR) is 120 cm³/mol. The highest BCUT2D eigenvalue weighted by atomic mass is 19.4. The number of benzene rings is 1. The summed E-state index contributed by atoms with van der Waals surface area (Å²) in [5.74, 6) is -1.62. The van der Waals surface area contributed by atoms with E-state index in [2.05, 4.69) is 15.7 Å². The lowest BCUT2D eigenvalue weighted by Gasteiger charge is -2.37. The third-order valence-electron chi connectivity index (χ3n) is 6.75. The molecule has 1 aromatic heterocycles. The van der Waals surface area contributed by atoms with Gasteiger partial charge in [0.25, 0.3) is 5.91 Å². The largest absolute Gasteiger partial charge is 0.416 e. The molecule has 7 nitrogen and oxygen atoms in total. The smallest absolute Gasteiger partial charge is 0.365 e. The standard InChI is InChI=1S/C23H26F6N6O/c24-22(25,26)14-3-5-15(6-4-14)33-21-17(20(31)36)11-35(34-21)18-8-7-16(9-13(18)10-30)32-19(12-1-2-12)23(27,28)29/h3-6,10-13,16,18-19,30,32H,1-2,7-9H2,(H2,31,36)(H,33,34)/t13-,16+,18+,19-/m1/s1. The number of alkyl halides is 6. The number of aromatic nitrogens is 2. The van der Waals surface area contributed by atoms with Gasteiger partial charge in [0, 0.05) is 30.1 Å². The van der Waals surface area contributed by atoms with E-state index in [1.54, 1.807) is 0 Å². The summed E-state index contributed by atoms with van der Waals surface area (Å²) in [5.41, 5.74) is 4.90. The van der Waals surface area contributed by atoms with Gasteiger partial charge in [-0.15, -0.1) is 0 Å². The lowest BCUT2D eigenvalue weighted by Crippen LogP contribution is -2.51. The molecule has 5 N–H and O–H groups in total. The van der Waals surface area contributed by atoms with E-state index in [1.807, 2.05) is 0 Å². The van der Waals surface area contributed by atoms with Crippen molar-refractivity contribution in [3.63, 3.8) is 0 Å². The maximum atomic E-state index is 13.4. The van der Waals surface area contributed by atoms with E-state index in [9.17, 15) is 31.1 Å². The Labute approximate surface area is 202 Å². The Kier molecular flexibility index (Phi) is 7.04. The lowest BCUT2D eigenvalue weighted by atomic mass is 9.81. The molecule has 0 spiro atoms. The summed E-state index contributed by atoms with van der Waals surface area (Å²) in [6.45, 7) is 0. The first kappa shape index (κ1) is 26.0. The van der Waals surface area contributed by atoms with Gasteiger partial charge in [-0.3, -0.25) is 9.48 Å². The van der Waals surface area contributed by atoms with Crippen LogP contribution in [0.1, 0.15) is 54.1 Å². The number of rotatable bonds is 8. The van der Waals surface area contributed by atoms with Crippen LogP contribution in [0, 0.1) is 17.2 Å². The molecule has 196 valence electrons. The first-order chi connectivity index (χ1) is 16.9. The van der Waals surface area contributed by atoms with Crippen molar-refractivity contribution < 1.29 is 31.1 Å². The summed E-state index contributed by atoms with van der Waals surface area (Å²) in [4.78, 5) is 12.0. The molecule has 0 bridgehead atoms. The van der Waals surface area contributed by atoms with Gasteiger partial charge in [0.05, 0.1) is 11.6 Å². The molecule has 2 aromatic rings. The summed E-state index contributed by atoms with van der Waals surface area (Å²) in [6.07, 6.45) is -4.06. The van der Waals surface area contributed by atoms with Crippen LogP contribution in [0.4, 0.5) is 37.8 Å². The van der Waals surface area contributed by atoms with Crippen molar-refractivity contribution >= 4 is 23.6 Å². The van der Waals surface area contributed by atoms with Crippen molar-refractivity contribution in [1.82, 2.24) is 15.1 Å². The highest BCUT2D eigenvalue weighted by Crippen LogP contribution is 2.42. The van der Waals surface area contributed by atoms with E-state index in [0.717, 1.165) is 12.1 Å². The molecule has 4 rings (SSSR count). The normalized spacial score (nSPS) is 23.8. The monoisotopic (exact) mass is 516 g/mol. The minimum absolute atomic E-state index is 0.00439. The Morgan fingerprint density at radius 3 is 2.31 bits per heavy atom. The highest BCUT2D eigenvalue weighted by molar-refractivity contribution is 5.98. The molecule has 13 heteroatoms. The molecule has 1 amide bonds. The van der Waals surface area contributed by atoms with E-state index < -0.39 is 53.8 Å². The van der Waals surface area contributed by atoms with E-state index in [1.165, 1.54) is 29.2 Å². The maximum Gasteiger partial charge on any atom is 0.416 e. The number of nitrogens with zero attached hydrogens (tertiary/aromatic N) is 2. The lowest BCUT2D eigenvalue weighted by molar-refractivity contribution is -0.163. The molecule has 1 aromatic carbocycles. The van der Waals surface area contributed by atoms with Gasteiger partial charge in [-0.2, -0.15) is 31.4 Å². The van der Waals surface area contributed by atoms with Crippen molar-refractivity contribution in [2.45, 2.75) is 62.6 Å². The number of anilines is 2. The van der Waals surface area contributed by atoms with Crippen LogP contribution in [0.25, 0.3) is 0 Å². The number of carbonyl (C=O) groups excluding carboxylic acids is 1. The van der Waals surface area contributed by atoms with Crippen molar-refractivity contribution in [3.8, 4) is 0 Å². The van der Waals surface area contributed by atoms with Crippen molar-refractivity contribution in [1.29, 1.82) is 5.41 Å². The second kappa shape index (κ2) is 9.75. The van der Waals surface area contributed by atoms with Gasteiger partial charge in [-0.05, 0) is 62.3 Å². The van der Waals surface area contributed by atoms with Crippen LogP contribution in [0.5, 0.6) is 0 Å². The molecule has 1 heterocycles. The van der Waals surface area contributed by atoms with Crippen LogP contribution >= 0.6 is 0 Å². The molecule has 4 atom stereocenters. The quantitative estimate of drug-likeness (QED) is 0.291. The number of nitrogens with one attached hydrogen (secondary N) is 3. The SMILES string of the molecule is N=C[C@H]1C[C@@H](N[C@H](C2CC2)C(F)(F)F)CC[C@@H]1n1cc(C(N)=O)c(Nc2ccc(C(F)(F)F)cc2)n1. The van der Waals surface area contributed by atoms with Gasteiger partial charge in [-0.1, -0.05) is 0 Å². The van der Waals surface area contributed by atoms with Crippen LogP contribution in [0.2, 0.25) is 0 Å². The van der Waals surface area contributed by atoms with Crippen LogP contribution in [-0.4, -0.2) is 40.2 Å². The molecule has 2 fully saturated rings. The molecule has 0 unspecified atom stereocenters. The number of amides is 1. The fourth-order valence-electron chi connectivity index (χ4n) is 4.74. The predicted octanol–water partition coefficient (Wildman–Crippen LogP) is 5.03. The number of halogens is 6. The van der Waals surface area contributed by atoms with E-state index in [4.69, 9.17) is 11.1 Å². The third-order valence-corrected chi connectivity index (χ3v) is 6.75. The number of hydrogen-bond acceptors (Lipinski definition) is 5. The van der Waals surface area contributed by atoms with Gasteiger partial charge < -0.3 is 21.8 Å². The summed E-state index contributed by atoms with van der Waals surface area (Å²) in [6, 6.07) is 1.79. The highest BCUT2D eigenvalue weighted by Gasteiger charge is 2.50. The summed E-state index contributed by atoms with van der Waals surface area (Å²) < 4.78 is 80.2. The Morgan fingerprint density at radius 1 is 1.11 bits per heavy atom. The van der Waals surface area contributed by atoms with Crippen LogP contribution in [0.15, 0.2) is 30.5 Å². The second-order valence-corrected chi connectivity index (χ2v) is 9.37. The summed E-state index contributed by atoms with van der Waals surface area (Å²) in [5, 5.41) is 17.8. The summed E-state index contributed by atoms with van der Waals surface area (Å²) in [7, 11) is 0. The zero-order valence-electron chi connectivity index (χ0n) is 19.0. The van der Waals surface area contributed by atoms with Crippen molar-refractivity contribution in [2.24, 2.45) is 17.6 Å². The first-order valence-corrected chi connectivity index (χ1v) is 11.5. The Balaban J connectivity index is 1.49. The van der Waals surface area contributed by atoms with Gasteiger partial charge >= 0.3 is 12.4 Å². The minimum Gasteiger partial charge on any atom is -0.365 e. The average molecular weight is 516 g/mol. The zero-order valence-corrected chi connectivity index (χ0v) is 19.0. The minimum atomic E-state index is -4.49. The number of carbonyl (C=O) groups is 1. The Hall–Kier alpha value is -3.09. The van der Waals surface area contributed by atoms with E-state index in [0.29, 0.717) is 32.1 Å². The number of nitrogens with two attached hydrogens (primary N) is 1. The fourth-order valence-corrected chi connectivity index (χ4v) is 4.74. The van der Waals surface area contributed by atoms with Crippen molar-refractivity contribution in [3.05, 3.63) is 41.6 Å². The molecular weight excluding hydrogens is 490 g/mol. The molecule has 0 aliphatic heterocycles. The number of primary amides is 1. The molecule has 2 aliphatic rings. The Morgan fingerprint density at radius 2 is 1.78 bits per heavy atom. The van der Waals surface area contributed by atoms with Gasteiger partial charge in [0.1, 0.15) is 11.6 Å². The Bertz CT molecular complexity index is 1090. The molecule has 0 saturated heterocycles. The van der Waals surface area contributed by atoms with Crippen LogP contribution in [-0.2, 0) is 6.18 Å². The van der Waals surface area contributed by atoms with Gasteiger partial charge in [0.15, 0.2) is 5.82 Å². The fraction of sp³-hybridized carbons (Fsp3) is 0.522. The average Bonchev–Trinajstić information content (AvgIpc) is 3.55. The topological polar surface area (TPSA) is 109 Å². The van der Waals surface area contributed by atoms with Gasteiger partial charge in [-0.25, -0.2) is 0 Å². The summed E-state index contributed by atoms with van der Waals surface area (Å²) >= 11 is 0. The van der Waals surface area contributed by atoms with Crippen LogP contribution in [0.3, 0.4) is 0 Å². The maximum absolute atomic E-state index is 13.4. The van der Waals surface area contributed by atoms with Crippen molar-refractivity contribution in [2.75, 3.05) is 5.32 Å². The second-order valence-electron chi connectivity index (χ2n) is 9.37.